The smallest absolute Gasteiger partial charge is 0.243 e. The van der Waals surface area contributed by atoms with Gasteiger partial charge in [0.25, 0.3) is 0 Å². The van der Waals surface area contributed by atoms with E-state index < -0.39 is 10.0 Å². The Bertz CT molecular complexity index is 1230. The molecule has 2 aromatic carbocycles. The zero-order valence-corrected chi connectivity index (χ0v) is 21.0. The largest absolute Gasteiger partial charge is 0.489 e. The number of hydrogen-bond donors (Lipinski definition) is 1. The Morgan fingerprint density at radius 2 is 1.74 bits per heavy atom. The van der Waals surface area contributed by atoms with Crippen LogP contribution >= 0.6 is 0 Å². The summed E-state index contributed by atoms with van der Waals surface area (Å²) in [7, 11) is -3.62. The van der Waals surface area contributed by atoms with Crippen LogP contribution < -0.4 is 10.1 Å². The van der Waals surface area contributed by atoms with Crippen LogP contribution in [0.4, 0.5) is 5.69 Å². The van der Waals surface area contributed by atoms with E-state index in [1.165, 1.54) is 10.4 Å². The molecular formula is C25H31N3O5S. The van der Waals surface area contributed by atoms with Gasteiger partial charge in [0.1, 0.15) is 18.1 Å². The highest BCUT2D eigenvalue weighted by atomic mass is 32.2. The van der Waals surface area contributed by atoms with Crippen LogP contribution in [0.1, 0.15) is 42.0 Å². The SMILES string of the molecule is CCN(CC)S(=O)(=O)c1cc(NC(=O)Cc2ccc(OCc3c(C)noc3C)cc2)ccc1C. The number of aryl methyl sites for hydroxylation is 3. The van der Waals surface area contributed by atoms with Gasteiger partial charge in [-0.15, -0.1) is 0 Å². The number of ether oxygens (including phenoxy) is 1. The number of nitrogens with one attached hydrogen (secondary N) is 1. The van der Waals surface area contributed by atoms with Crippen molar-refractivity contribution in [3.05, 3.63) is 70.6 Å². The Morgan fingerprint density at radius 1 is 1.06 bits per heavy atom. The molecule has 1 amide bonds. The summed E-state index contributed by atoms with van der Waals surface area (Å²) in [6.07, 6.45) is 0.149. The van der Waals surface area contributed by atoms with E-state index in [-0.39, 0.29) is 17.2 Å². The first-order valence-electron chi connectivity index (χ1n) is 11.2. The quantitative estimate of drug-likeness (QED) is 0.457. The minimum absolute atomic E-state index is 0.149. The normalized spacial score (nSPS) is 11.6. The minimum atomic E-state index is -3.62. The molecule has 0 bridgehead atoms. The van der Waals surface area contributed by atoms with Gasteiger partial charge in [-0.25, -0.2) is 8.42 Å². The molecule has 0 saturated carbocycles. The molecule has 0 radical (unpaired) electrons. The topological polar surface area (TPSA) is 102 Å². The van der Waals surface area contributed by atoms with E-state index in [4.69, 9.17) is 9.26 Å². The fraction of sp³-hybridized carbons (Fsp3) is 0.360. The van der Waals surface area contributed by atoms with Crippen LogP contribution in [0, 0.1) is 20.8 Å². The van der Waals surface area contributed by atoms with Crippen LogP contribution in [-0.4, -0.2) is 36.9 Å². The number of hydrogen-bond acceptors (Lipinski definition) is 6. The first kappa shape index (κ1) is 25.5. The highest BCUT2D eigenvalue weighted by Crippen LogP contribution is 2.24. The fourth-order valence-corrected chi connectivity index (χ4v) is 5.32. The lowest BCUT2D eigenvalue weighted by Gasteiger charge is -2.20. The van der Waals surface area contributed by atoms with Crippen molar-refractivity contribution in [3.63, 3.8) is 0 Å². The van der Waals surface area contributed by atoms with Gasteiger partial charge in [0.05, 0.1) is 22.6 Å². The Kier molecular flexibility index (Phi) is 8.11. The number of carbonyl (C=O) groups excluding carboxylic acids is 1. The second-order valence-corrected chi connectivity index (χ2v) is 9.94. The molecule has 0 saturated heterocycles. The molecule has 3 aromatic rings. The Morgan fingerprint density at radius 3 is 2.32 bits per heavy atom. The van der Waals surface area contributed by atoms with E-state index in [2.05, 4.69) is 10.5 Å². The van der Waals surface area contributed by atoms with Crippen molar-refractivity contribution in [1.29, 1.82) is 0 Å². The average molecular weight is 486 g/mol. The number of benzene rings is 2. The van der Waals surface area contributed by atoms with Gasteiger partial charge in [-0.2, -0.15) is 4.31 Å². The number of amides is 1. The van der Waals surface area contributed by atoms with Crippen LogP contribution in [0.3, 0.4) is 0 Å². The Balaban J connectivity index is 1.63. The highest BCUT2D eigenvalue weighted by Gasteiger charge is 2.24. The molecule has 0 aliphatic heterocycles. The van der Waals surface area contributed by atoms with Gasteiger partial charge in [0.15, 0.2) is 0 Å². The summed E-state index contributed by atoms with van der Waals surface area (Å²) in [5, 5.41) is 6.72. The van der Waals surface area contributed by atoms with Crippen molar-refractivity contribution < 1.29 is 22.5 Å². The van der Waals surface area contributed by atoms with Gasteiger partial charge >= 0.3 is 0 Å². The first-order chi connectivity index (χ1) is 16.1. The third kappa shape index (κ3) is 5.84. The molecule has 0 unspecified atom stereocenters. The lowest BCUT2D eigenvalue weighted by atomic mass is 10.1. The number of aromatic nitrogens is 1. The lowest BCUT2D eigenvalue weighted by Crippen LogP contribution is -2.31. The van der Waals surface area contributed by atoms with Crippen LogP contribution in [0.5, 0.6) is 5.75 Å². The van der Waals surface area contributed by atoms with Gasteiger partial charge < -0.3 is 14.6 Å². The number of rotatable bonds is 10. The number of sulfonamides is 1. The molecule has 1 N–H and O–H groups in total. The van der Waals surface area contributed by atoms with Gasteiger partial charge in [0, 0.05) is 18.8 Å². The van der Waals surface area contributed by atoms with Crippen LogP contribution in [0.2, 0.25) is 0 Å². The molecule has 0 atom stereocenters. The predicted molar refractivity (Wildman–Crippen MR) is 130 cm³/mol. The van der Waals surface area contributed by atoms with Gasteiger partial charge in [-0.3, -0.25) is 4.79 Å². The van der Waals surface area contributed by atoms with E-state index in [9.17, 15) is 13.2 Å². The molecule has 34 heavy (non-hydrogen) atoms. The molecule has 1 heterocycles. The molecule has 1 aromatic heterocycles. The predicted octanol–water partition coefficient (Wildman–Crippen LogP) is 4.39. The maximum atomic E-state index is 12.9. The summed E-state index contributed by atoms with van der Waals surface area (Å²) in [5.41, 5.74) is 3.61. The molecule has 0 aliphatic carbocycles. The second-order valence-electron chi connectivity index (χ2n) is 8.03. The monoisotopic (exact) mass is 485 g/mol. The van der Waals surface area contributed by atoms with Crippen LogP contribution in [-0.2, 0) is 27.8 Å². The zero-order valence-electron chi connectivity index (χ0n) is 20.2. The molecule has 3 rings (SSSR count). The molecule has 0 spiro atoms. The summed E-state index contributed by atoms with van der Waals surface area (Å²) < 4.78 is 38.2. The number of carbonyl (C=O) groups is 1. The van der Waals surface area contributed by atoms with E-state index >= 15 is 0 Å². The van der Waals surface area contributed by atoms with Crippen LogP contribution in [0.25, 0.3) is 0 Å². The van der Waals surface area contributed by atoms with Crippen molar-refractivity contribution in [2.45, 2.75) is 52.5 Å². The van der Waals surface area contributed by atoms with E-state index in [0.29, 0.717) is 36.7 Å². The summed E-state index contributed by atoms with van der Waals surface area (Å²) in [6.45, 7) is 10.2. The zero-order chi connectivity index (χ0) is 24.9. The first-order valence-corrected chi connectivity index (χ1v) is 12.6. The van der Waals surface area contributed by atoms with E-state index in [0.717, 1.165) is 22.6 Å². The summed E-state index contributed by atoms with van der Waals surface area (Å²) in [6, 6.07) is 12.2. The van der Waals surface area contributed by atoms with Gasteiger partial charge in [0.2, 0.25) is 15.9 Å². The van der Waals surface area contributed by atoms with Crippen molar-refractivity contribution in [3.8, 4) is 5.75 Å². The number of anilines is 1. The number of nitrogens with zero attached hydrogens (tertiary/aromatic N) is 2. The van der Waals surface area contributed by atoms with E-state index in [1.807, 2.05) is 26.0 Å². The van der Waals surface area contributed by atoms with Crippen LogP contribution in [0.15, 0.2) is 51.9 Å². The molecule has 0 fully saturated rings. The Hall–Kier alpha value is -3.17. The van der Waals surface area contributed by atoms with Crippen molar-refractivity contribution >= 4 is 21.6 Å². The maximum Gasteiger partial charge on any atom is 0.243 e. The molecule has 8 nitrogen and oxygen atoms in total. The molecule has 9 heteroatoms. The van der Waals surface area contributed by atoms with Crippen molar-refractivity contribution in [1.82, 2.24) is 9.46 Å². The summed E-state index contributed by atoms with van der Waals surface area (Å²) in [4.78, 5) is 12.8. The molecule has 0 aliphatic rings. The maximum absolute atomic E-state index is 12.9. The summed E-state index contributed by atoms with van der Waals surface area (Å²) >= 11 is 0. The highest BCUT2D eigenvalue weighted by molar-refractivity contribution is 7.89. The third-order valence-electron chi connectivity index (χ3n) is 5.65. The van der Waals surface area contributed by atoms with Gasteiger partial charge in [-0.05, 0) is 56.2 Å². The lowest BCUT2D eigenvalue weighted by molar-refractivity contribution is -0.115. The minimum Gasteiger partial charge on any atom is -0.489 e. The van der Waals surface area contributed by atoms with Gasteiger partial charge in [-0.1, -0.05) is 37.2 Å². The van der Waals surface area contributed by atoms with E-state index in [1.54, 1.807) is 45.0 Å². The van der Waals surface area contributed by atoms with Crippen molar-refractivity contribution in [2.75, 3.05) is 18.4 Å². The fourth-order valence-electron chi connectivity index (χ4n) is 3.62. The molecule has 182 valence electrons. The average Bonchev–Trinajstić information content (AvgIpc) is 3.12. The summed E-state index contributed by atoms with van der Waals surface area (Å²) in [5.74, 6) is 1.17. The molecular weight excluding hydrogens is 454 g/mol. The Labute approximate surface area is 201 Å². The third-order valence-corrected chi connectivity index (χ3v) is 7.84. The van der Waals surface area contributed by atoms with Crippen molar-refractivity contribution in [2.24, 2.45) is 0 Å². The second kappa shape index (κ2) is 10.8. The standard InChI is InChI=1S/C25H31N3O5S/c1-6-28(7-2)34(30,31)24-15-21(11-8-17(24)3)26-25(29)14-20-9-12-22(13-10-20)32-16-23-18(4)27-33-19(23)5/h8-13,15H,6-7,14,16H2,1-5H3,(H,26,29).